The van der Waals surface area contributed by atoms with E-state index in [0.29, 0.717) is 0 Å². The van der Waals surface area contributed by atoms with Gasteiger partial charge in [-0.3, -0.25) is 9.59 Å². The second-order valence-electron chi connectivity index (χ2n) is 5.08. The average molecular weight is 321 g/mol. The van der Waals surface area contributed by atoms with Crippen LogP contribution < -0.4 is 16.4 Å². The van der Waals surface area contributed by atoms with Crippen molar-refractivity contribution in [3.63, 3.8) is 0 Å². The number of aliphatic carboxylic acids is 1. The highest BCUT2D eigenvalue weighted by molar-refractivity contribution is 7.80. The van der Waals surface area contributed by atoms with Gasteiger partial charge in [-0.05, 0) is 12.8 Å². The van der Waals surface area contributed by atoms with Crippen molar-refractivity contribution in [2.75, 3.05) is 5.75 Å². The first kappa shape index (κ1) is 19.7. The zero-order valence-corrected chi connectivity index (χ0v) is 13.1. The zero-order valence-electron chi connectivity index (χ0n) is 12.2. The summed E-state index contributed by atoms with van der Waals surface area (Å²) in [6.45, 7) is 4.63. The maximum absolute atomic E-state index is 12.1. The number of aliphatic hydroxyl groups excluding tert-OH is 1. The van der Waals surface area contributed by atoms with Crippen molar-refractivity contribution in [2.24, 2.45) is 11.7 Å². The van der Waals surface area contributed by atoms with Crippen LogP contribution >= 0.6 is 12.6 Å². The maximum atomic E-state index is 12.1. The molecule has 0 aromatic rings. The number of carboxylic acids is 1. The van der Waals surface area contributed by atoms with E-state index in [0.717, 1.165) is 0 Å². The number of rotatable bonds is 8. The predicted octanol–water partition coefficient (Wildman–Crippen LogP) is -1.67. The monoisotopic (exact) mass is 321 g/mol. The van der Waals surface area contributed by atoms with Crippen molar-refractivity contribution in [3.8, 4) is 0 Å². The predicted molar refractivity (Wildman–Crippen MR) is 79.8 cm³/mol. The van der Waals surface area contributed by atoms with Crippen LogP contribution in [0.2, 0.25) is 0 Å². The molecule has 4 unspecified atom stereocenters. The van der Waals surface area contributed by atoms with Gasteiger partial charge in [-0.25, -0.2) is 4.79 Å². The second kappa shape index (κ2) is 8.85. The number of hydrogen-bond donors (Lipinski definition) is 6. The fraction of sp³-hybridized carbons (Fsp3) is 0.750. The molecule has 122 valence electrons. The summed E-state index contributed by atoms with van der Waals surface area (Å²) in [5.74, 6) is -2.78. The van der Waals surface area contributed by atoms with Gasteiger partial charge in [0.1, 0.15) is 6.04 Å². The Kier molecular flexibility index (Phi) is 8.30. The molecule has 6 N–H and O–H groups in total. The normalized spacial score (nSPS) is 16.7. The van der Waals surface area contributed by atoms with Crippen molar-refractivity contribution < 1.29 is 24.6 Å². The first-order valence-corrected chi connectivity index (χ1v) is 7.13. The van der Waals surface area contributed by atoms with Gasteiger partial charge in [0, 0.05) is 5.75 Å². The third-order valence-corrected chi connectivity index (χ3v) is 3.22. The Bertz CT molecular complexity index is 389. The van der Waals surface area contributed by atoms with E-state index in [-0.39, 0.29) is 11.7 Å². The number of thiol groups is 1. The molecule has 4 atom stereocenters. The maximum Gasteiger partial charge on any atom is 0.328 e. The van der Waals surface area contributed by atoms with Gasteiger partial charge in [0.05, 0.1) is 12.1 Å². The number of carbonyl (C=O) groups is 3. The minimum Gasteiger partial charge on any atom is -0.480 e. The SMILES string of the molecule is CC(C)C(NC(=O)C(N)CS)C(=O)NC(C(=O)O)C(C)O. The highest BCUT2D eigenvalue weighted by Crippen LogP contribution is 2.04. The molecule has 0 saturated carbocycles. The Morgan fingerprint density at radius 3 is 1.90 bits per heavy atom. The third-order valence-electron chi connectivity index (χ3n) is 2.83. The molecule has 0 spiro atoms. The Balaban J connectivity index is 4.92. The van der Waals surface area contributed by atoms with Crippen molar-refractivity contribution in [3.05, 3.63) is 0 Å². The van der Waals surface area contributed by atoms with Gasteiger partial charge in [-0.2, -0.15) is 12.6 Å². The van der Waals surface area contributed by atoms with Gasteiger partial charge in [-0.15, -0.1) is 0 Å². The van der Waals surface area contributed by atoms with Crippen molar-refractivity contribution >= 4 is 30.4 Å². The quantitative estimate of drug-likeness (QED) is 0.295. The number of nitrogens with one attached hydrogen (secondary N) is 2. The van der Waals surface area contributed by atoms with Crippen LogP contribution in [-0.2, 0) is 14.4 Å². The molecule has 0 aromatic carbocycles. The molecule has 0 fully saturated rings. The summed E-state index contributed by atoms with van der Waals surface area (Å²) >= 11 is 3.89. The molecule has 8 nitrogen and oxygen atoms in total. The van der Waals surface area contributed by atoms with E-state index in [1.54, 1.807) is 13.8 Å². The summed E-state index contributed by atoms with van der Waals surface area (Å²) in [5, 5.41) is 22.9. The Labute approximate surface area is 128 Å². The molecule has 0 aliphatic carbocycles. The van der Waals surface area contributed by atoms with Gasteiger partial charge >= 0.3 is 5.97 Å². The first-order valence-electron chi connectivity index (χ1n) is 6.49. The minimum absolute atomic E-state index is 0.115. The lowest BCUT2D eigenvalue weighted by molar-refractivity contribution is -0.145. The van der Waals surface area contributed by atoms with Crippen LogP contribution in [0.5, 0.6) is 0 Å². The molecule has 0 aliphatic heterocycles. The topological polar surface area (TPSA) is 142 Å². The summed E-state index contributed by atoms with van der Waals surface area (Å²) in [4.78, 5) is 34.8. The summed E-state index contributed by atoms with van der Waals surface area (Å²) in [7, 11) is 0. The fourth-order valence-electron chi connectivity index (χ4n) is 1.51. The van der Waals surface area contributed by atoms with Crippen molar-refractivity contribution in [1.82, 2.24) is 10.6 Å². The van der Waals surface area contributed by atoms with Crippen LogP contribution in [0.15, 0.2) is 0 Å². The molecule has 0 bridgehead atoms. The number of amides is 2. The lowest BCUT2D eigenvalue weighted by Gasteiger charge is -2.25. The second-order valence-corrected chi connectivity index (χ2v) is 5.45. The molecule has 2 amide bonds. The highest BCUT2D eigenvalue weighted by atomic mass is 32.1. The summed E-state index contributed by atoms with van der Waals surface area (Å²) < 4.78 is 0. The molecule has 9 heteroatoms. The van der Waals surface area contributed by atoms with E-state index in [1.165, 1.54) is 6.92 Å². The van der Waals surface area contributed by atoms with Crippen LogP contribution in [0.4, 0.5) is 0 Å². The molecule has 0 radical (unpaired) electrons. The van der Waals surface area contributed by atoms with E-state index in [9.17, 15) is 19.5 Å². The van der Waals surface area contributed by atoms with Crippen LogP contribution in [-0.4, -0.2) is 58.0 Å². The summed E-state index contributed by atoms with van der Waals surface area (Å²) in [6, 6.07) is -3.27. The molecule has 0 aliphatic rings. The van der Waals surface area contributed by atoms with E-state index in [2.05, 4.69) is 23.3 Å². The Morgan fingerprint density at radius 2 is 1.57 bits per heavy atom. The molecule has 0 aromatic heterocycles. The van der Waals surface area contributed by atoms with Crippen LogP contribution in [0.1, 0.15) is 20.8 Å². The number of nitrogens with two attached hydrogens (primary N) is 1. The average Bonchev–Trinajstić information content (AvgIpc) is 2.39. The highest BCUT2D eigenvalue weighted by Gasteiger charge is 2.31. The van der Waals surface area contributed by atoms with E-state index in [4.69, 9.17) is 10.8 Å². The van der Waals surface area contributed by atoms with E-state index >= 15 is 0 Å². The fourth-order valence-corrected chi connectivity index (χ4v) is 1.68. The van der Waals surface area contributed by atoms with Crippen molar-refractivity contribution in [1.29, 1.82) is 0 Å². The molecule has 0 rings (SSSR count). The minimum atomic E-state index is -1.45. The van der Waals surface area contributed by atoms with Gasteiger partial charge in [0.2, 0.25) is 11.8 Å². The lowest BCUT2D eigenvalue weighted by atomic mass is 10.0. The number of carboxylic acid groups (broad SMARTS) is 1. The standard InChI is InChI=1S/C12H23N3O5S/c1-5(2)8(14-10(17)7(13)4-21)11(18)15-9(6(3)16)12(19)20/h5-9,16,21H,4,13H2,1-3H3,(H,14,17)(H,15,18)(H,19,20). The zero-order chi connectivity index (χ0) is 16.7. The lowest BCUT2D eigenvalue weighted by Crippen LogP contribution is -2.58. The largest absolute Gasteiger partial charge is 0.480 e. The van der Waals surface area contributed by atoms with E-state index < -0.39 is 42.0 Å². The number of hydrogen-bond acceptors (Lipinski definition) is 6. The van der Waals surface area contributed by atoms with Gasteiger partial charge in [-0.1, -0.05) is 13.8 Å². The molecule has 21 heavy (non-hydrogen) atoms. The molecular formula is C12H23N3O5S. The first-order chi connectivity index (χ1) is 9.61. The van der Waals surface area contributed by atoms with Gasteiger partial charge < -0.3 is 26.6 Å². The van der Waals surface area contributed by atoms with Crippen LogP contribution in [0.3, 0.4) is 0 Å². The molecule has 0 saturated heterocycles. The number of aliphatic hydroxyl groups is 1. The van der Waals surface area contributed by atoms with Gasteiger partial charge in [0.25, 0.3) is 0 Å². The molecular weight excluding hydrogens is 298 g/mol. The third kappa shape index (κ3) is 6.32. The summed E-state index contributed by atoms with van der Waals surface area (Å²) in [5.41, 5.74) is 5.51. The summed E-state index contributed by atoms with van der Waals surface area (Å²) in [6.07, 6.45) is -1.27. The van der Waals surface area contributed by atoms with E-state index in [1.807, 2.05) is 0 Å². The Hall–Kier alpha value is -1.32. The molecule has 0 heterocycles. The van der Waals surface area contributed by atoms with Crippen molar-refractivity contribution in [2.45, 2.75) is 45.0 Å². The smallest absolute Gasteiger partial charge is 0.328 e. The van der Waals surface area contributed by atoms with Crippen LogP contribution in [0, 0.1) is 5.92 Å². The Morgan fingerprint density at radius 1 is 1.10 bits per heavy atom. The van der Waals surface area contributed by atoms with Crippen LogP contribution in [0.25, 0.3) is 0 Å². The van der Waals surface area contributed by atoms with Gasteiger partial charge in [0.15, 0.2) is 6.04 Å². The number of carbonyl (C=O) groups excluding carboxylic acids is 2.